The van der Waals surface area contributed by atoms with Crippen LogP contribution in [0.3, 0.4) is 0 Å². The van der Waals surface area contributed by atoms with Crippen molar-refractivity contribution in [3.8, 4) is 6.07 Å². The van der Waals surface area contributed by atoms with E-state index >= 15 is 0 Å². The highest BCUT2D eigenvalue weighted by Crippen LogP contribution is 2.39. The molecule has 1 saturated carbocycles. The van der Waals surface area contributed by atoms with Gasteiger partial charge in [0.05, 0.1) is 18.3 Å². The number of thioether (sulfide) groups is 1. The van der Waals surface area contributed by atoms with Gasteiger partial charge in [-0.25, -0.2) is 0 Å². The minimum absolute atomic E-state index is 0.0577. The number of hydrogen-bond donors (Lipinski definition) is 1. The monoisotopic (exact) mass is 315 g/mol. The average molecular weight is 315 g/mol. The molecule has 2 aliphatic rings. The summed E-state index contributed by atoms with van der Waals surface area (Å²) >= 11 is 1.85. The number of anilines is 1. The molecular formula is C17H21N3OS. The van der Waals surface area contributed by atoms with E-state index in [0.29, 0.717) is 12.5 Å². The van der Waals surface area contributed by atoms with Crippen LogP contribution in [0.2, 0.25) is 0 Å². The largest absolute Gasteiger partial charge is 0.361 e. The maximum atomic E-state index is 12.4. The number of amides is 1. The van der Waals surface area contributed by atoms with E-state index in [9.17, 15) is 10.1 Å². The Bertz CT molecular complexity index is 608. The zero-order valence-electron chi connectivity index (χ0n) is 12.8. The third-order valence-electron chi connectivity index (χ3n) is 4.40. The quantitative estimate of drug-likeness (QED) is 0.928. The first-order valence-corrected chi connectivity index (χ1v) is 8.80. The maximum absolute atomic E-state index is 12.4. The van der Waals surface area contributed by atoms with Gasteiger partial charge in [-0.15, -0.1) is 11.8 Å². The fourth-order valence-corrected chi connectivity index (χ4v) is 3.96. The molecule has 0 unspecified atom stereocenters. The first kappa shape index (κ1) is 15.2. The van der Waals surface area contributed by atoms with Crippen LogP contribution in [0.5, 0.6) is 0 Å². The van der Waals surface area contributed by atoms with Gasteiger partial charge in [-0.05, 0) is 50.0 Å². The number of benzene rings is 1. The molecule has 22 heavy (non-hydrogen) atoms. The van der Waals surface area contributed by atoms with Gasteiger partial charge < -0.3 is 10.2 Å². The second-order valence-corrected chi connectivity index (χ2v) is 7.36. The smallest absolute Gasteiger partial charge is 0.240 e. The van der Waals surface area contributed by atoms with Crippen LogP contribution in [-0.2, 0) is 4.79 Å². The predicted octanol–water partition coefficient (Wildman–Crippen LogP) is 2.80. The zero-order chi connectivity index (χ0) is 15.6. The highest BCUT2D eigenvalue weighted by Gasteiger charge is 2.43. The van der Waals surface area contributed by atoms with Crippen LogP contribution in [0.1, 0.15) is 26.2 Å². The lowest BCUT2D eigenvalue weighted by Crippen LogP contribution is -2.50. The van der Waals surface area contributed by atoms with Gasteiger partial charge in [0.2, 0.25) is 5.91 Å². The molecule has 1 amide bonds. The topological polar surface area (TPSA) is 56.1 Å². The first-order chi connectivity index (χ1) is 10.6. The van der Waals surface area contributed by atoms with Gasteiger partial charge in [-0.1, -0.05) is 12.1 Å². The van der Waals surface area contributed by atoms with Crippen molar-refractivity contribution >= 4 is 23.4 Å². The molecule has 116 valence electrons. The van der Waals surface area contributed by atoms with E-state index in [-0.39, 0.29) is 5.91 Å². The molecule has 0 radical (unpaired) electrons. The van der Waals surface area contributed by atoms with Crippen LogP contribution in [0.4, 0.5) is 5.69 Å². The molecule has 0 saturated heterocycles. The number of rotatable bonds is 4. The number of nitriles is 1. The average Bonchev–Trinajstić information content (AvgIpc) is 3.35. The van der Waals surface area contributed by atoms with Gasteiger partial charge in [-0.3, -0.25) is 4.79 Å². The molecule has 5 heteroatoms. The van der Waals surface area contributed by atoms with Crippen LogP contribution < -0.4 is 10.2 Å². The first-order valence-electron chi connectivity index (χ1n) is 7.81. The number of nitrogens with zero attached hydrogens (tertiary/aromatic N) is 2. The molecular weight excluding hydrogens is 294 g/mol. The molecule has 0 spiro atoms. The molecule has 1 aromatic carbocycles. The van der Waals surface area contributed by atoms with Crippen molar-refractivity contribution in [1.82, 2.24) is 5.32 Å². The Labute approximate surface area is 135 Å². The Morgan fingerprint density at radius 1 is 1.50 bits per heavy atom. The summed E-state index contributed by atoms with van der Waals surface area (Å²) < 4.78 is 0. The van der Waals surface area contributed by atoms with Gasteiger partial charge in [0.1, 0.15) is 5.54 Å². The van der Waals surface area contributed by atoms with Gasteiger partial charge in [0.25, 0.3) is 0 Å². The van der Waals surface area contributed by atoms with Crippen LogP contribution in [0.25, 0.3) is 0 Å². The van der Waals surface area contributed by atoms with Gasteiger partial charge in [-0.2, -0.15) is 5.26 Å². The third-order valence-corrected chi connectivity index (χ3v) is 5.54. The summed E-state index contributed by atoms with van der Waals surface area (Å²) in [6.07, 6.45) is 3.13. The van der Waals surface area contributed by atoms with Crippen molar-refractivity contribution in [1.29, 1.82) is 5.26 Å². The van der Waals surface area contributed by atoms with E-state index in [2.05, 4.69) is 28.4 Å². The minimum atomic E-state index is -0.711. The fourth-order valence-electron chi connectivity index (χ4n) is 2.95. The zero-order valence-corrected chi connectivity index (χ0v) is 13.7. The Balaban J connectivity index is 1.70. The fraction of sp³-hybridized carbons (Fsp3) is 0.529. The van der Waals surface area contributed by atoms with E-state index in [1.807, 2.05) is 30.8 Å². The molecule has 0 aromatic heterocycles. The van der Waals surface area contributed by atoms with Crippen molar-refractivity contribution in [2.45, 2.75) is 36.6 Å². The van der Waals surface area contributed by atoms with Crippen molar-refractivity contribution in [3.05, 3.63) is 24.3 Å². The lowest BCUT2D eigenvalue weighted by atomic mass is 9.98. The maximum Gasteiger partial charge on any atom is 0.240 e. The molecule has 1 aliphatic carbocycles. The number of nitrogens with one attached hydrogen (secondary N) is 1. The predicted molar refractivity (Wildman–Crippen MR) is 88.9 cm³/mol. The van der Waals surface area contributed by atoms with Gasteiger partial charge >= 0.3 is 0 Å². The lowest BCUT2D eigenvalue weighted by molar-refractivity contribution is -0.121. The van der Waals surface area contributed by atoms with E-state index < -0.39 is 5.54 Å². The lowest BCUT2D eigenvalue weighted by Gasteiger charge is -2.27. The Hall–Kier alpha value is -1.67. The summed E-state index contributed by atoms with van der Waals surface area (Å²) in [6.45, 7) is 3.04. The number of carbonyl (C=O) groups is 1. The summed E-state index contributed by atoms with van der Waals surface area (Å²) in [5.41, 5.74) is 0.419. The van der Waals surface area contributed by atoms with E-state index in [0.717, 1.165) is 37.2 Å². The molecule has 1 heterocycles. The van der Waals surface area contributed by atoms with Crippen molar-refractivity contribution < 1.29 is 4.79 Å². The summed E-state index contributed by atoms with van der Waals surface area (Å²) in [7, 11) is 0. The van der Waals surface area contributed by atoms with Crippen molar-refractivity contribution in [2.75, 3.05) is 23.7 Å². The second kappa shape index (κ2) is 6.21. The Morgan fingerprint density at radius 2 is 2.27 bits per heavy atom. The molecule has 1 N–H and O–H groups in total. The van der Waals surface area contributed by atoms with Gasteiger partial charge in [0, 0.05) is 11.4 Å². The molecule has 1 atom stereocenters. The van der Waals surface area contributed by atoms with Crippen molar-refractivity contribution in [2.24, 2.45) is 5.92 Å². The second-order valence-electron chi connectivity index (χ2n) is 6.23. The van der Waals surface area contributed by atoms with Crippen LogP contribution in [-0.4, -0.2) is 30.3 Å². The normalized spacial score (nSPS) is 20.3. The molecule has 1 aromatic rings. The molecule has 1 aliphatic heterocycles. The Kier molecular flexibility index (Phi) is 4.30. The van der Waals surface area contributed by atoms with Crippen LogP contribution in [0.15, 0.2) is 29.2 Å². The third kappa shape index (κ3) is 3.22. The standard InChI is InChI=1S/C17H21N3OS/c1-17(12-18,13-7-8-13)19-16(21)11-20-9-4-10-22-15-6-3-2-5-14(15)20/h2-3,5-6,13H,4,7-11H2,1H3,(H,19,21)/t17-/m0/s1. The molecule has 4 nitrogen and oxygen atoms in total. The highest BCUT2D eigenvalue weighted by atomic mass is 32.2. The van der Waals surface area contributed by atoms with E-state index in [1.54, 1.807) is 0 Å². The molecule has 0 bridgehead atoms. The van der Waals surface area contributed by atoms with Crippen LogP contribution >= 0.6 is 11.8 Å². The summed E-state index contributed by atoms with van der Waals surface area (Å²) in [4.78, 5) is 15.8. The Morgan fingerprint density at radius 3 is 3.00 bits per heavy atom. The van der Waals surface area contributed by atoms with E-state index in [4.69, 9.17) is 0 Å². The summed E-state index contributed by atoms with van der Waals surface area (Å²) in [6, 6.07) is 10.5. The summed E-state index contributed by atoms with van der Waals surface area (Å²) in [5.74, 6) is 1.33. The number of carbonyl (C=O) groups excluding carboxylic acids is 1. The summed E-state index contributed by atoms with van der Waals surface area (Å²) in [5, 5.41) is 12.3. The number of fused-ring (bicyclic) bond motifs is 1. The molecule has 3 rings (SSSR count). The SMILES string of the molecule is C[C@@](C#N)(NC(=O)CN1CCCSc2ccccc21)C1CC1. The number of hydrogen-bond acceptors (Lipinski definition) is 4. The van der Waals surface area contributed by atoms with E-state index in [1.165, 1.54) is 4.90 Å². The van der Waals surface area contributed by atoms with Crippen molar-refractivity contribution in [3.63, 3.8) is 0 Å². The molecule has 1 fully saturated rings. The van der Waals surface area contributed by atoms with Gasteiger partial charge in [0.15, 0.2) is 0 Å². The van der Waals surface area contributed by atoms with Crippen LogP contribution in [0, 0.1) is 17.2 Å². The highest BCUT2D eigenvalue weighted by molar-refractivity contribution is 7.99. The minimum Gasteiger partial charge on any atom is -0.361 e. The number of para-hydroxylation sites is 1.